The highest BCUT2D eigenvalue weighted by molar-refractivity contribution is 8.00. The molecule has 1 heterocycles. The van der Waals surface area contributed by atoms with Gasteiger partial charge < -0.3 is 10.5 Å². The van der Waals surface area contributed by atoms with E-state index in [1.807, 2.05) is 6.92 Å². The van der Waals surface area contributed by atoms with E-state index in [9.17, 15) is 4.79 Å². The van der Waals surface area contributed by atoms with Gasteiger partial charge in [0.1, 0.15) is 11.9 Å². The van der Waals surface area contributed by atoms with Gasteiger partial charge in [-0.25, -0.2) is 4.98 Å². The molecule has 1 fully saturated rings. The maximum absolute atomic E-state index is 12.0. The first-order valence-corrected chi connectivity index (χ1v) is 8.28. The molecule has 2 rings (SSSR count). The summed E-state index contributed by atoms with van der Waals surface area (Å²) in [5.41, 5.74) is 5.50. The molecule has 0 aliphatic heterocycles. The molecule has 1 aliphatic rings. The number of rotatable bonds is 6. The second-order valence-corrected chi connectivity index (χ2v) is 6.82. The molecule has 2 unspecified atom stereocenters. The standard InChI is InChI=1S/C12H19N3O2S2/c1-2-17-10(16)12(13)6-3-4-9(12)5-7-18-11-14-8-15-19-11/h8-9H,2-7,13H2,1H3. The fourth-order valence-electron chi connectivity index (χ4n) is 2.55. The molecule has 0 radical (unpaired) electrons. The second-order valence-electron chi connectivity index (χ2n) is 4.69. The Hall–Kier alpha value is -0.660. The Bertz CT molecular complexity index is 413. The highest BCUT2D eigenvalue weighted by atomic mass is 32.2. The van der Waals surface area contributed by atoms with E-state index in [0.717, 1.165) is 35.8 Å². The molecule has 2 N–H and O–H groups in total. The van der Waals surface area contributed by atoms with Crippen LogP contribution in [0.2, 0.25) is 0 Å². The molecule has 0 amide bonds. The number of carbonyl (C=O) groups excluding carboxylic acids is 1. The van der Waals surface area contributed by atoms with E-state index in [4.69, 9.17) is 10.5 Å². The van der Waals surface area contributed by atoms with Crippen LogP contribution in [-0.4, -0.2) is 33.2 Å². The Morgan fingerprint density at radius 3 is 3.26 bits per heavy atom. The van der Waals surface area contributed by atoms with Crippen LogP contribution in [0.4, 0.5) is 0 Å². The molecule has 7 heteroatoms. The van der Waals surface area contributed by atoms with E-state index >= 15 is 0 Å². The third-order valence-electron chi connectivity index (χ3n) is 3.56. The van der Waals surface area contributed by atoms with Gasteiger partial charge in [0.25, 0.3) is 0 Å². The summed E-state index contributed by atoms with van der Waals surface area (Å²) in [6.45, 7) is 2.21. The van der Waals surface area contributed by atoms with Crippen molar-refractivity contribution in [1.29, 1.82) is 0 Å². The molecular weight excluding hydrogens is 282 g/mol. The van der Waals surface area contributed by atoms with Crippen molar-refractivity contribution < 1.29 is 9.53 Å². The molecular formula is C12H19N3O2S2. The maximum atomic E-state index is 12.0. The van der Waals surface area contributed by atoms with Gasteiger partial charge in [-0.2, -0.15) is 4.37 Å². The number of ether oxygens (including phenoxy) is 1. The topological polar surface area (TPSA) is 78.1 Å². The van der Waals surface area contributed by atoms with E-state index in [0.29, 0.717) is 6.61 Å². The highest BCUT2D eigenvalue weighted by Gasteiger charge is 2.46. The molecule has 2 atom stereocenters. The largest absolute Gasteiger partial charge is 0.465 e. The zero-order valence-corrected chi connectivity index (χ0v) is 12.6. The smallest absolute Gasteiger partial charge is 0.326 e. The minimum Gasteiger partial charge on any atom is -0.465 e. The van der Waals surface area contributed by atoms with Crippen molar-refractivity contribution in [2.45, 2.75) is 42.5 Å². The van der Waals surface area contributed by atoms with Crippen molar-refractivity contribution in [2.24, 2.45) is 11.7 Å². The Morgan fingerprint density at radius 1 is 1.74 bits per heavy atom. The van der Waals surface area contributed by atoms with E-state index < -0.39 is 5.54 Å². The van der Waals surface area contributed by atoms with Crippen LogP contribution in [0.3, 0.4) is 0 Å². The normalized spacial score (nSPS) is 26.5. The number of carbonyl (C=O) groups is 1. The Morgan fingerprint density at radius 2 is 2.58 bits per heavy atom. The lowest BCUT2D eigenvalue weighted by Crippen LogP contribution is -2.52. The van der Waals surface area contributed by atoms with Gasteiger partial charge in [0.05, 0.1) is 6.61 Å². The van der Waals surface area contributed by atoms with Crippen LogP contribution in [0.5, 0.6) is 0 Å². The zero-order valence-electron chi connectivity index (χ0n) is 11.0. The van der Waals surface area contributed by atoms with Crippen molar-refractivity contribution in [3.8, 4) is 0 Å². The number of nitrogens with two attached hydrogens (primary N) is 1. The highest BCUT2D eigenvalue weighted by Crippen LogP contribution is 2.38. The number of nitrogens with zero attached hydrogens (tertiary/aromatic N) is 2. The summed E-state index contributed by atoms with van der Waals surface area (Å²) in [5.74, 6) is 0.892. The maximum Gasteiger partial charge on any atom is 0.326 e. The summed E-state index contributed by atoms with van der Waals surface area (Å²) in [6.07, 6.45) is 5.23. The van der Waals surface area contributed by atoms with Crippen LogP contribution < -0.4 is 5.73 Å². The Kier molecular flexibility index (Phi) is 5.18. The van der Waals surface area contributed by atoms with Gasteiger partial charge in [0.2, 0.25) is 0 Å². The van der Waals surface area contributed by atoms with E-state index in [1.54, 1.807) is 18.1 Å². The minimum absolute atomic E-state index is 0.215. The first-order chi connectivity index (χ1) is 9.16. The van der Waals surface area contributed by atoms with Crippen LogP contribution in [0.25, 0.3) is 0 Å². The lowest BCUT2D eigenvalue weighted by Gasteiger charge is -2.28. The van der Waals surface area contributed by atoms with Crippen molar-refractivity contribution in [1.82, 2.24) is 9.36 Å². The van der Waals surface area contributed by atoms with Gasteiger partial charge in [0.15, 0.2) is 4.34 Å². The van der Waals surface area contributed by atoms with Crippen molar-refractivity contribution in [2.75, 3.05) is 12.4 Å². The molecule has 0 bridgehead atoms. The zero-order chi connectivity index (χ0) is 13.7. The van der Waals surface area contributed by atoms with Crippen molar-refractivity contribution in [3.63, 3.8) is 0 Å². The first-order valence-electron chi connectivity index (χ1n) is 6.52. The molecule has 0 saturated heterocycles. The lowest BCUT2D eigenvalue weighted by molar-refractivity contribution is -0.151. The van der Waals surface area contributed by atoms with Crippen LogP contribution in [-0.2, 0) is 9.53 Å². The van der Waals surface area contributed by atoms with Gasteiger partial charge in [-0.05, 0) is 43.6 Å². The molecule has 5 nitrogen and oxygen atoms in total. The lowest BCUT2D eigenvalue weighted by atomic mass is 9.86. The van der Waals surface area contributed by atoms with Crippen LogP contribution in [0.1, 0.15) is 32.6 Å². The molecule has 1 saturated carbocycles. The molecule has 1 aromatic rings. The van der Waals surface area contributed by atoms with E-state index in [2.05, 4.69) is 9.36 Å². The fraction of sp³-hybridized carbons (Fsp3) is 0.750. The molecule has 1 aromatic heterocycles. The van der Waals surface area contributed by atoms with E-state index in [1.165, 1.54) is 11.5 Å². The van der Waals surface area contributed by atoms with Crippen LogP contribution in [0.15, 0.2) is 10.7 Å². The number of aromatic nitrogens is 2. The van der Waals surface area contributed by atoms with Gasteiger partial charge in [-0.3, -0.25) is 4.79 Å². The first kappa shape index (κ1) is 14.7. The van der Waals surface area contributed by atoms with Gasteiger partial charge in [-0.1, -0.05) is 18.2 Å². The van der Waals surface area contributed by atoms with E-state index in [-0.39, 0.29) is 11.9 Å². The molecule has 19 heavy (non-hydrogen) atoms. The predicted octanol–water partition coefficient (Wildman–Crippen LogP) is 2.08. The Labute approximate surface area is 121 Å². The second kappa shape index (κ2) is 6.67. The molecule has 0 aromatic carbocycles. The number of esters is 1. The molecule has 0 spiro atoms. The number of hydrogen-bond acceptors (Lipinski definition) is 7. The third kappa shape index (κ3) is 3.46. The average Bonchev–Trinajstić information content (AvgIpc) is 3.01. The summed E-state index contributed by atoms with van der Waals surface area (Å²) < 4.78 is 10.1. The van der Waals surface area contributed by atoms with Crippen molar-refractivity contribution >= 4 is 29.3 Å². The number of hydrogen-bond donors (Lipinski definition) is 1. The van der Waals surface area contributed by atoms with Crippen molar-refractivity contribution in [3.05, 3.63) is 6.33 Å². The van der Waals surface area contributed by atoms with Crippen LogP contribution in [0, 0.1) is 5.92 Å². The summed E-state index contributed by atoms with van der Waals surface area (Å²) >= 11 is 3.08. The fourth-order valence-corrected chi connectivity index (χ4v) is 4.12. The van der Waals surface area contributed by atoms with Gasteiger partial charge in [0, 0.05) is 5.75 Å². The number of thioether (sulfide) groups is 1. The van der Waals surface area contributed by atoms with Gasteiger partial charge in [-0.15, -0.1) is 0 Å². The SMILES string of the molecule is CCOC(=O)C1(N)CCCC1CCSc1ncns1. The Balaban J connectivity index is 1.86. The third-order valence-corrected chi connectivity index (χ3v) is 5.39. The molecule has 1 aliphatic carbocycles. The molecule has 106 valence electrons. The summed E-state index contributed by atoms with van der Waals surface area (Å²) in [6, 6.07) is 0. The predicted molar refractivity (Wildman–Crippen MR) is 76.1 cm³/mol. The monoisotopic (exact) mass is 301 g/mol. The average molecular weight is 301 g/mol. The summed E-state index contributed by atoms with van der Waals surface area (Å²) in [7, 11) is 0. The summed E-state index contributed by atoms with van der Waals surface area (Å²) in [4.78, 5) is 16.1. The summed E-state index contributed by atoms with van der Waals surface area (Å²) in [5, 5.41) is 0. The van der Waals surface area contributed by atoms with Crippen LogP contribution >= 0.6 is 23.3 Å². The quantitative estimate of drug-likeness (QED) is 0.640. The van der Waals surface area contributed by atoms with Gasteiger partial charge >= 0.3 is 5.97 Å². The minimum atomic E-state index is -0.780.